The molecule has 0 aliphatic heterocycles. The number of carbonyl (C=O) groups excluding carboxylic acids is 1. The van der Waals surface area contributed by atoms with Crippen molar-refractivity contribution in [3.8, 4) is 11.1 Å². The predicted octanol–water partition coefficient (Wildman–Crippen LogP) is 6.15. The Kier molecular flexibility index (Phi) is 4.66. The van der Waals surface area contributed by atoms with Crippen LogP contribution in [0.15, 0.2) is 42.5 Å². The lowest BCUT2D eigenvalue weighted by Crippen LogP contribution is -2.25. The molecule has 23 heavy (non-hydrogen) atoms. The second-order valence-electron chi connectivity index (χ2n) is 6.76. The quantitative estimate of drug-likeness (QED) is 0.561. The van der Waals surface area contributed by atoms with Crippen LogP contribution in [0.5, 0.6) is 0 Å². The van der Waals surface area contributed by atoms with Crippen LogP contribution < -0.4 is 0 Å². The van der Waals surface area contributed by atoms with Crippen LogP contribution in [0.4, 0.5) is 0 Å². The third kappa shape index (κ3) is 2.63. The fourth-order valence-corrected chi connectivity index (χ4v) is 4.17. The van der Waals surface area contributed by atoms with E-state index in [0.717, 1.165) is 11.8 Å². The van der Waals surface area contributed by atoms with Crippen molar-refractivity contribution in [3.05, 3.63) is 59.2 Å². The van der Waals surface area contributed by atoms with Crippen molar-refractivity contribution in [1.29, 1.82) is 0 Å². The average Bonchev–Trinajstić information content (AvgIpc) is 2.88. The third-order valence-electron chi connectivity index (χ3n) is 5.34. The highest BCUT2D eigenvalue weighted by Gasteiger charge is 2.41. The first kappa shape index (κ1) is 16.0. The van der Waals surface area contributed by atoms with Crippen LogP contribution in [-0.2, 0) is 5.41 Å². The number of benzene rings is 2. The standard InChI is InChI=1S/C22H26O/c1-3-5-13-22(14-6-4-2)20-10-8-7-9-18(20)19-12-11-17(16-23)15-21(19)22/h7-12,15-16H,3-6,13-14H2,1-2H3. The topological polar surface area (TPSA) is 17.1 Å². The smallest absolute Gasteiger partial charge is 0.150 e. The van der Waals surface area contributed by atoms with Gasteiger partial charge < -0.3 is 0 Å². The van der Waals surface area contributed by atoms with Crippen LogP contribution in [0.25, 0.3) is 11.1 Å². The van der Waals surface area contributed by atoms with Crippen molar-refractivity contribution in [2.75, 3.05) is 0 Å². The molecule has 0 amide bonds. The number of rotatable bonds is 7. The maximum Gasteiger partial charge on any atom is 0.150 e. The molecule has 1 heteroatoms. The van der Waals surface area contributed by atoms with Crippen molar-refractivity contribution in [2.45, 2.75) is 57.8 Å². The Bertz CT molecular complexity index is 691. The Balaban J connectivity index is 2.21. The molecule has 1 aliphatic carbocycles. The Hall–Kier alpha value is -1.89. The van der Waals surface area contributed by atoms with Crippen molar-refractivity contribution >= 4 is 6.29 Å². The first-order chi connectivity index (χ1) is 11.3. The zero-order valence-electron chi connectivity index (χ0n) is 14.3. The van der Waals surface area contributed by atoms with E-state index in [4.69, 9.17) is 0 Å². The molecule has 0 unspecified atom stereocenters. The molecule has 0 bridgehead atoms. The molecule has 0 atom stereocenters. The van der Waals surface area contributed by atoms with Crippen LogP contribution in [0.3, 0.4) is 0 Å². The third-order valence-corrected chi connectivity index (χ3v) is 5.34. The molecule has 2 aromatic rings. The highest BCUT2D eigenvalue weighted by molar-refractivity contribution is 5.85. The summed E-state index contributed by atoms with van der Waals surface area (Å²) in [7, 11) is 0. The summed E-state index contributed by atoms with van der Waals surface area (Å²) in [6, 6.07) is 15.1. The number of unbranched alkanes of at least 4 members (excludes halogenated alkanes) is 2. The van der Waals surface area contributed by atoms with E-state index in [9.17, 15) is 4.79 Å². The molecule has 0 saturated heterocycles. The zero-order chi connectivity index (χ0) is 16.3. The summed E-state index contributed by atoms with van der Waals surface area (Å²) < 4.78 is 0. The summed E-state index contributed by atoms with van der Waals surface area (Å²) in [4.78, 5) is 11.3. The normalized spacial score (nSPS) is 14.3. The molecule has 0 fully saturated rings. The van der Waals surface area contributed by atoms with Crippen LogP contribution in [-0.4, -0.2) is 6.29 Å². The van der Waals surface area contributed by atoms with Crippen LogP contribution in [0.2, 0.25) is 0 Å². The van der Waals surface area contributed by atoms with Gasteiger partial charge in [-0.05, 0) is 41.2 Å². The Morgan fingerprint density at radius 1 is 0.870 bits per heavy atom. The summed E-state index contributed by atoms with van der Waals surface area (Å²) in [6.45, 7) is 4.52. The number of fused-ring (bicyclic) bond motifs is 3. The van der Waals surface area contributed by atoms with E-state index in [-0.39, 0.29) is 5.41 Å². The van der Waals surface area contributed by atoms with Gasteiger partial charge in [-0.25, -0.2) is 0 Å². The SMILES string of the molecule is CCCCC1(CCCC)c2ccccc2-c2ccc(C=O)cc21. The van der Waals surface area contributed by atoms with Gasteiger partial charge in [-0.15, -0.1) is 0 Å². The summed E-state index contributed by atoms with van der Waals surface area (Å²) in [5.41, 5.74) is 6.45. The first-order valence-corrected chi connectivity index (χ1v) is 8.96. The molecular weight excluding hydrogens is 280 g/mol. The Morgan fingerprint density at radius 2 is 1.52 bits per heavy atom. The molecule has 120 valence electrons. The maximum absolute atomic E-state index is 11.3. The molecule has 0 aromatic heterocycles. The molecule has 0 saturated carbocycles. The van der Waals surface area contributed by atoms with Gasteiger partial charge in [0.1, 0.15) is 6.29 Å². The number of hydrogen-bond acceptors (Lipinski definition) is 1. The van der Waals surface area contributed by atoms with Gasteiger partial charge in [-0.3, -0.25) is 4.79 Å². The molecule has 0 spiro atoms. The van der Waals surface area contributed by atoms with Gasteiger partial charge in [0.25, 0.3) is 0 Å². The number of aldehydes is 1. The fraction of sp³-hybridized carbons (Fsp3) is 0.409. The van der Waals surface area contributed by atoms with Crippen molar-refractivity contribution in [3.63, 3.8) is 0 Å². The summed E-state index contributed by atoms with van der Waals surface area (Å²) in [5, 5.41) is 0. The average molecular weight is 306 g/mol. The highest BCUT2D eigenvalue weighted by Crippen LogP contribution is 2.54. The monoisotopic (exact) mass is 306 g/mol. The minimum Gasteiger partial charge on any atom is -0.298 e. The van der Waals surface area contributed by atoms with Crippen LogP contribution in [0.1, 0.15) is 73.9 Å². The molecule has 2 aromatic carbocycles. The minimum atomic E-state index is 0.0942. The zero-order valence-corrected chi connectivity index (χ0v) is 14.3. The lowest BCUT2D eigenvalue weighted by molar-refractivity contribution is 0.112. The fourth-order valence-electron chi connectivity index (χ4n) is 4.17. The van der Waals surface area contributed by atoms with Gasteiger partial charge in [0.2, 0.25) is 0 Å². The lowest BCUT2D eigenvalue weighted by atomic mass is 9.70. The van der Waals surface area contributed by atoms with Crippen molar-refractivity contribution in [2.24, 2.45) is 0 Å². The largest absolute Gasteiger partial charge is 0.298 e. The lowest BCUT2D eigenvalue weighted by Gasteiger charge is -2.32. The molecule has 0 heterocycles. The van der Waals surface area contributed by atoms with E-state index in [1.807, 2.05) is 6.07 Å². The van der Waals surface area contributed by atoms with E-state index in [2.05, 4.69) is 50.2 Å². The van der Waals surface area contributed by atoms with Gasteiger partial charge in [0.15, 0.2) is 0 Å². The van der Waals surface area contributed by atoms with Gasteiger partial charge in [0.05, 0.1) is 0 Å². The van der Waals surface area contributed by atoms with Crippen molar-refractivity contribution in [1.82, 2.24) is 0 Å². The molecular formula is C22H26O. The summed E-state index contributed by atoms with van der Waals surface area (Å²) in [5.74, 6) is 0. The summed E-state index contributed by atoms with van der Waals surface area (Å²) in [6.07, 6.45) is 8.20. The van der Waals surface area contributed by atoms with E-state index in [1.54, 1.807) is 0 Å². The van der Waals surface area contributed by atoms with E-state index in [0.29, 0.717) is 0 Å². The van der Waals surface area contributed by atoms with E-state index >= 15 is 0 Å². The first-order valence-electron chi connectivity index (χ1n) is 8.96. The minimum absolute atomic E-state index is 0.0942. The van der Waals surface area contributed by atoms with E-state index < -0.39 is 0 Å². The molecule has 0 N–H and O–H groups in total. The predicted molar refractivity (Wildman–Crippen MR) is 97.1 cm³/mol. The molecule has 1 aliphatic rings. The van der Waals surface area contributed by atoms with Gasteiger partial charge >= 0.3 is 0 Å². The van der Waals surface area contributed by atoms with Crippen LogP contribution in [0, 0.1) is 0 Å². The van der Waals surface area contributed by atoms with E-state index in [1.165, 1.54) is 60.8 Å². The van der Waals surface area contributed by atoms with Crippen molar-refractivity contribution < 1.29 is 4.79 Å². The molecule has 3 rings (SSSR count). The maximum atomic E-state index is 11.3. The van der Waals surface area contributed by atoms with Gasteiger partial charge in [0, 0.05) is 11.0 Å². The molecule has 1 nitrogen and oxygen atoms in total. The van der Waals surface area contributed by atoms with Crippen LogP contribution >= 0.6 is 0 Å². The Morgan fingerprint density at radius 3 is 2.17 bits per heavy atom. The number of carbonyl (C=O) groups is 1. The molecule has 0 radical (unpaired) electrons. The highest BCUT2D eigenvalue weighted by atomic mass is 16.1. The van der Waals surface area contributed by atoms with Gasteiger partial charge in [-0.1, -0.05) is 75.9 Å². The second kappa shape index (κ2) is 6.70. The van der Waals surface area contributed by atoms with Gasteiger partial charge in [-0.2, -0.15) is 0 Å². The Labute approximate surface area is 139 Å². The summed E-state index contributed by atoms with van der Waals surface area (Å²) >= 11 is 0. The second-order valence-corrected chi connectivity index (χ2v) is 6.76. The number of hydrogen-bond donors (Lipinski definition) is 0.